The van der Waals surface area contributed by atoms with Crippen LogP contribution in [-0.4, -0.2) is 16.8 Å². The zero-order valence-corrected chi connectivity index (χ0v) is 17.9. The molecular formula is C23H27N3O2S. The number of hydrogen-bond acceptors (Lipinski definition) is 4. The molecule has 29 heavy (non-hydrogen) atoms. The highest BCUT2D eigenvalue weighted by Crippen LogP contribution is 2.27. The van der Waals surface area contributed by atoms with Gasteiger partial charge < -0.3 is 10.6 Å². The van der Waals surface area contributed by atoms with Gasteiger partial charge in [0.15, 0.2) is 5.13 Å². The normalized spacial score (nSPS) is 11.0. The van der Waals surface area contributed by atoms with Crippen molar-refractivity contribution in [2.24, 2.45) is 0 Å². The molecule has 0 spiro atoms. The minimum Gasteiger partial charge on any atom is -0.326 e. The molecule has 0 atom stereocenters. The van der Waals surface area contributed by atoms with Crippen LogP contribution in [0.4, 0.5) is 10.8 Å². The van der Waals surface area contributed by atoms with E-state index in [9.17, 15) is 9.59 Å². The molecular weight excluding hydrogens is 382 g/mol. The summed E-state index contributed by atoms with van der Waals surface area (Å²) >= 11 is 1.46. The first-order chi connectivity index (χ1) is 13.9. The van der Waals surface area contributed by atoms with E-state index in [0.29, 0.717) is 30.3 Å². The summed E-state index contributed by atoms with van der Waals surface area (Å²) in [5.41, 5.74) is 4.02. The van der Waals surface area contributed by atoms with Gasteiger partial charge in [-0.15, -0.1) is 0 Å². The van der Waals surface area contributed by atoms with Gasteiger partial charge in [0.1, 0.15) is 0 Å². The van der Waals surface area contributed by atoms with Crippen molar-refractivity contribution in [1.29, 1.82) is 0 Å². The zero-order chi connectivity index (χ0) is 20.8. The van der Waals surface area contributed by atoms with Crippen molar-refractivity contribution in [3.63, 3.8) is 0 Å². The maximum atomic E-state index is 12.3. The number of anilines is 2. The second-order valence-corrected chi connectivity index (χ2v) is 8.47. The number of aromatic nitrogens is 1. The molecule has 2 amide bonds. The molecule has 0 aliphatic rings. The first-order valence-electron chi connectivity index (χ1n) is 10.0. The van der Waals surface area contributed by atoms with E-state index in [1.54, 1.807) is 0 Å². The average Bonchev–Trinajstić information content (AvgIpc) is 3.08. The third-order valence-corrected chi connectivity index (χ3v) is 5.61. The number of fused-ring (bicyclic) bond motifs is 1. The lowest BCUT2D eigenvalue weighted by molar-refractivity contribution is -0.117. The van der Waals surface area contributed by atoms with E-state index < -0.39 is 0 Å². The predicted molar refractivity (Wildman–Crippen MR) is 121 cm³/mol. The summed E-state index contributed by atoms with van der Waals surface area (Å²) < 4.78 is 1.01. The van der Waals surface area contributed by atoms with Crippen molar-refractivity contribution in [3.8, 4) is 0 Å². The van der Waals surface area contributed by atoms with E-state index in [0.717, 1.165) is 27.9 Å². The van der Waals surface area contributed by atoms with Crippen molar-refractivity contribution in [2.45, 2.75) is 52.4 Å². The number of amides is 2. The minimum absolute atomic E-state index is 0.000725. The Morgan fingerprint density at radius 3 is 2.41 bits per heavy atom. The van der Waals surface area contributed by atoms with Gasteiger partial charge in [-0.3, -0.25) is 9.59 Å². The van der Waals surface area contributed by atoms with E-state index in [4.69, 9.17) is 0 Å². The van der Waals surface area contributed by atoms with Crippen molar-refractivity contribution < 1.29 is 9.59 Å². The number of rotatable bonds is 8. The summed E-state index contributed by atoms with van der Waals surface area (Å²) in [4.78, 5) is 28.5. The lowest BCUT2D eigenvalue weighted by atomic mass is 10.0. The van der Waals surface area contributed by atoms with Crippen LogP contribution in [-0.2, 0) is 16.0 Å². The van der Waals surface area contributed by atoms with Crippen molar-refractivity contribution in [1.82, 2.24) is 4.98 Å². The summed E-state index contributed by atoms with van der Waals surface area (Å²) in [6.07, 6.45) is 2.37. The number of nitrogens with one attached hydrogen (secondary N) is 2. The molecule has 2 N–H and O–H groups in total. The average molecular weight is 410 g/mol. The Hall–Kier alpha value is -2.73. The minimum atomic E-state index is -0.00937. The van der Waals surface area contributed by atoms with Crippen molar-refractivity contribution in [2.75, 3.05) is 10.6 Å². The molecule has 2 aromatic carbocycles. The van der Waals surface area contributed by atoms with Gasteiger partial charge in [0, 0.05) is 18.5 Å². The summed E-state index contributed by atoms with van der Waals surface area (Å²) in [7, 11) is 0. The fourth-order valence-corrected chi connectivity index (χ4v) is 3.97. The number of carbonyl (C=O) groups is 2. The van der Waals surface area contributed by atoms with Gasteiger partial charge >= 0.3 is 0 Å². The summed E-state index contributed by atoms with van der Waals surface area (Å²) in [5, 5.41) is 6.42. The van der Waals surface area contributed by atoms with E-state index >= 15 is 0 Å². The topological polar surface area (TPSA) is 71.1 Å². The molecule has 0 bridgehead atoms. The fourth-order valence-electron chi connectivity index (χ4n) is 3.02. The second-order valence-electron chi connectivity index (χ2n) is 7.44. The molecule has 3 aromatic rings. The van der Waals surface area contributed by atoms with Crippen LogP contribution in [0.2, 0.25) is 0 Å². The van der Waals surface area contributed by atoms with E-state index in [2.05, 4.69) is 41.6 Å². The van der Waals surface area contributed by atoms with Crippen LogP contribution in [0.1, 0.15) is 57.1 Å². The molecule has 0 radical (unpaired) electrons. The Labute approximate surface area is 175 Å². The van der Waals surface area contributed by atoms with Gasteiger partial charge in [-0.25, -0.2) is 4.98 Å². The highest BCUT2D eigenvalue weighted by atomic mass is 32.1. The molecule has 0 aliphatic heterocycles. The first kappa shape index (κ1) is 21.0. The Morgan fingerprint density at radius 2 is 1.72 bits per heavy atom. The smallest absolute Gasteiger partial charge is 0.226 e. The van der Waals surface area contributed by atoms with E-state index in [1.165, 1.54) is 16.9 Å². The predicted octanol–water partition coefficient (Wildman–Crippen LogP) is 5.73. The molecule has 0 unspecified atom stereocenters. The number of carbonyl (C=O) groups excluding carboxylic acids is 2. The molecule has 3 rings (SSSR count). The van der Waals surface area contributed by atoms with Gasteiger partial charge in [-0.1, -0.05) is 50.3 Å². The number of hydrogen-bond donors (Lipinski definition) is 2. The Bertz CT molecular complexity index is 993. The van der Waals surface area contributed by atoms with Crippen molar-refractivity contribution in [3.05, 3.63) is 53.6 Å². The monoisotopic (exact) mass is 409 g/mol. The van der Waals surface area contributed by atoms with Crippen molar-refractivity contribution >= 4 is 44.2 Å². The lowest BCUT2D eigenvalue weighted by Crippen LogP contribution is -2.12. The maximum Gasteiger partial charge on any atom is 0.226 e. The molecule has 1 heterocycles. The number of benzene rings is 2. The van der Waals surface area contributed by atoms with Crippen LogP contribution in [0.3, 0.4) is 0 Å². The van der Waals surface area contributed by atoms with Gasteiger partial charge in [0.25, 0.3) is 0 Å². The Balaban J connectivity index is 1.56. The van der Waals surface area contributed by atoms with Crippen LogP contribution >= 0.6 is 11.3 Å². The molecule has 0 saturated carbocycles. The summed E-state index contributed by atoms with van der Waals surface area (Å²) in [6.45, 7) is 6.27. The van der Waals surface area contributed by atoms with Gasteiger partial charge in [0.05, 0.1) is 10.2 Å². The zero-order valence-electron chi connectivity index (χ0n) is 17.1. The lowest BCUT2D eigenvalue weighted by Gasteiger charge is -2.08. The third kappa shape index (κ3) is 5.87. The third-order valence-electron chi connectivity index (χ3n) is 4.68. The van der Waals surface area contributed by atoms with Crippen LogP contribution in [0.25, 0.3) is 10.2 Å². The molecule has 0 aliphatic carbocycles. The molecule has 5 nitrogen and oxygen atoms in total. The van der Waals surface area contributed by atoms with Crippen LogP contribution in [0.5, 0.6) is 0 Å². The van der Waals surface area contributed by atoms with Gasteiger partial charge in [-0.05, 0) is 54.2 Å². The van der Waals surface area contributed by atoms with Crippen LogP contribution in [0.15, 0.2) is 42.5 Å². The molecule has 1 aromatic heterocycles. The Kier molecular flexibility index (Phi) is 6.99. The molecule has 0 fully saturated rings. The molecule has 0 saturated heterocycles. The maximum absolute atomic E-state index is 12.3. The molecule has 6 heteroatoms. The number of nitrogens with zero attached hydrogens (tertiary/aromatic N) is 1. The summed E-state index contributed by atoms with van der Waals surface area (Å²) in [6, 6.07) is 14.0. The second kappa shape index (κ2) is 9.65. The van der Waals surface area contributed by atoms with E-state index in [-0.39, 0.29) is 11.8 Å². The summed E-state index contributed by atoms with van der Waals surface area (Å²) in [5.74, 6) is 0.464. The number of thiazole rings is 1. The van der Waals surface area contributed by atoms with E-state index in [1.807, 2.05) is 37.3 Å². The largest absolute Gasteiger partial charge is 0.326 e. The number of aryl methyl sites for hydroxylation is 1. The quantitative estimate of drug-likeness (QED) is 0.499. The van der Waals surface area contributed by atoms with Gasteiger partial charge in [0.2, 0.25) is 11.8 Å². The SMILES string of the molecule is CCCC(=O)Nc1nc2ccc(CCC(=O)Nc3ccc(C(C)C)cc3)cc2s1. The van der Waals surface area contributed by atoms with Gasteiger partial charge in [-0.2, -0.15) is 0 Å². The first-order valence-corrected chi connectivity index (χ1v) is 10.9. The Morgan fingerprint density at radius 1 is 1.00 bits per heavy atom. The van der Waals surface area contributed by atoms with Crippen LogP contribution in [0, 0.1) is 0 Å². The highest BCUT2D eigenvalue weighted by molar-refractivity contribution is 7.22. The fraction of sp³-hybridized carbons (Fsp3) is 0.348. The molecule has 152 valence electrons. The standard InChI is InChI=1S/C23H27N3O2S/c1-4-5-21(27)26-23-25-19-12-6-16(14-20(19)29-23)7-13-22(28)24-18-10-8-17(9-11-18)15(2)3/h6,8-12,14-15H,4-5,7,13H2,1-3H3,(H,24,28)(H,25,26,27). The van der Waals surface area contributed by atoms with Crippen LogP contribution < -0.4 is 10.6 Å². The highest BCUT2D eigenvalue weighted by Gasteiger charge is 2.09.